The van der Waals surface area contributed by atoms with Gasteiger partial charge in [-0.3, -0.25) is 9.36 Å². The van der Waals surface area contributed by atoms with E-state index in [0.29, 0.717) is 10.9 Å². The van der Waals surface area contributed by atoms with Crippen molar-refractivity contribution in [1.29, 1.82) is 0 Å². The highest BCUT2D eigenvalue weighted by Gasteiger charge is 2.29. The van der Waals surface area contributed by atoms with Gasteiger partial charge < -0.3 is 13.8 Å². The molecule has 0 N–H and O–H groups in total. The van der Waals surface area contributed by atoms with Crippen molar-refractivity contribution in [2.75, 3.05) is 13.2 Å². The molecule has 0 aromatic heterocycles. The van der Waals surface area contributed by atoms with Gasteiger partial charge in [0.15, 0.2) is 0 Å². The normalized spacial score (nSPS) is 11.3. The maximum atomic E-state index is 12.7. The molecular formula is C13H19O5P. The number of hydrogen-bond acceptors (Lipinski definition) is 5. The molecule has 0 saturated carbocycles. The number of hydrogen-bond donors (Lipinski definition) is 0. The summed E-state index contributed by atoms with van der Waals surface area (Å²) in [5, 5.41) is 0.444. The standard InChI is InChI=1S/C13H19O5P/c1-4-17-19(15,18-5-2)13-9-7-6-8-12(13)10-16-11(3)14/h6-9H,4-5,10H2,1-3H3. The summed E-state index contributed by atoms with van der Waals surface area (Å²) in [4.78, 5) is 10.9. The molecule has 1 aromatic carbocycles. The fraction of sp³-hybridized carbons (Fsp3) is 0.462. The topological polar surface area (TPSA) is 61.8 Å². The first kappa shape index (κ1) is 15.9. The Kier molecular flexibility index (Phi) is 6.22. The van der Waals surface area contributed by atoms with Crippen LogP contribution in [0.2, 0.25) is 0 Å². The molecule has 0 aliphatic carbocycles. The van der Waals surface area contributed by atoms with Gasteiger partial charge in [-0.25, -0.2) is 0 Å². The molecule has 0 amide bonds. The zero-order valence-electron chi connectivity index (χ0n) is 11.4. The Bertz CT molecular complexity index is 462. The Labute approximate surface area is 113 Å². The van der Waals surface area contributed by atoms with Crippen LogP contribution in [-0.4, -0.2) is 19.2 Å². The van der Waals surface area contributed by atoms with Crippen LogP contribution in [0.15, 0.2) is 24.3 Å². The molecule has 0 aliphatic heterocycles. The average molecular weight is 286 g/mol. The van der Waals surface area contributed by atoms with E-state index in [1.165, 1.54) is 6.92 Å². The monoisotopic (exact) mass is 286 g/mol. The Morgan fingerprint density at radius 2 is 1.74 bits per heavy atom. The molecule has 0 atom stereocenters. The molecule has 0 unspecified atom stereocenters. The van der Waals surface area contributed by atoms with Crippen LogP contribution in [0.1, 0.15) is 26.3 Å². The minimum Gasteiger partial charge on any atom is -0.461 e. The van der Waals surface area contributed by atoms with E-state index >= 15 is 0 Å². The number of carbonyl (C=O) groups excluding carboxylic acids is 1. The molecule has 0 saturated heterocycles. The molecule has 0 radical (unpaired) electrons. The van der Waals surface area contributed by atoms with E-state index in [4.69, 9.17) is 13.8 Å². The van der Waals surface area contributed by atoms with Crippen molar-refractivity contribution in [3.05, 3.63) is 29.8 Å². The van der Waals surface area contributed by atoms with E-state index in [1.54, 1.807) is 38.1 Å². The first-order chi connectivity index (χ1) is 9.03. The summed E-state index contributed by atoms with van der Waals surface area (Å²) in [7, 11) is -3.36. The van der Waals surface area contributed by atoms with E-state index in [2.05, 4.69) is 0 Å². The van der Waals surface area contributed by atoms with Crippen molar-refractivity contribution in [2.24, 2.45) is 0 Å². The van der Waals surface area contributed by atoms with Crippen molar-refractivity contribution in [1.82, 2.24) is 0 Å². The third-order valence-corrected chi connectivity index (χ3v) is 4.54. The van der Waals surface area contributed by atoms with Gasteiger partial charge in [-0.15, -0.1) is 0 Å². The zero-order chi connectivity index (χ0) is 14.3. The lowest BCUT2D eigenvalue weighted by Gasteiger charge is -2.19. The third kappa shape index (κ3) is 4.46. The van der Waals surface area contributed by atoms with Crippen molar-refractivity contribution >= 4 is 18.9 Å². The van der Waals surface area contributed by atoms with Crippen molar-refractivity contribution in [3.8, 4) is 0 Å². The summed E-state index contributed by atoms with van der Waals surface area (Å²) in [6.45, 7) is 5.43. The maximum absolute atomic E-state index is 12.7. The summed E-state index contributed by atoms with van der Waals surface area (Å²) in [5.41, 5.74) is 0.628. The van der Waals surface area contributed by atoms with Crippen LogP contribution < -0.4 is 5.30 Å². The van der Waals surface area contributed by atoms with Crippen LogP contribution in [0.5, 0.6) is 0 Å². The van der Waals surface area contributed by atoms with Crippen LogP contribution in [0.25, 0.3) is 0 Å². The largest absolute Gasteiger partial charge is 0.461 e. The lowest BCUT2D eigenvalue weighted by Crippen LogP contribution is -2.17. The molecular weight excluding hydrogens is 267 g/mol. The highest BCUT2D eigenvalue weighted by Crippen LogP contribution is 2.47. The van der Waals surface area contributed by atoms with Gasteiger partial charge in [0.1, 0.15) is 6.61 Å². The van der Waals surface area contributed by atoms with Crippen LogP contribution in [0, 0.1) is 0 Å². The number of carbonyl (C=O) groups is 1. The highest BCUT2D eigenvalue weighted by atomic mass is 31.2. The molecule has 1 aromatic rings. The Balaban J connectivity index is 3.08. The molecule has 19 heavy (non-hydrogen) atoms. The van der Waals surface area contributed by atoms with Crippen molar-refractivity contribution in [2.45, 2.75) is 27.4 Å². The SMILES string of the molecule is CCOP(=O)(OCC)c1ccccc1COC(C)=O. The average Bonchev–Trinajstić information content (AvgIpc) is 2.37. The van der Waals surface area contributed by atoms with Gasteiger partial charge in [-0.05, 0) is 19.9 Å². The maximum Gasteiger partial charge on any atom is 0.361 e. The Hall–Kier alpha value is -1.16. The minimum absolute atomic E-state index is 0.0512. The number of esters is 1. The molecule has 5 nitrogen and oxygen atoms in total. The van der Waals surface area contributed by atoms with Gasteiger partial charge >= 0.3 is 13.6 Å². The lowest BCUT2D eigenvalue weighted by atomic mass is 10.2. The molecule has 0 spiro atoms. The first-order valence-corrected chi connectivity index (χ1v) is 7.68. The van der Waals surface area contributed by atoms with Crippen LogP contribution >= 0.6 is 7.60 Å². The van der Waals surface area contributed by atoms with Gasteiger partial charge in [0, 0.05) is 12.5 Å². The van der Waals surface area contributed by atoms with E-state index in [-0.39, 0.29) is 19.8 Å². The Morgan fingerprint density at radius 1 is 1.16 bits per heavy atom. The molecule has 0 aliphatic rings. The summed E-state index contributed by atoms with van der Waals surface area (Å²) < 4.78 is 28.2. The predicted octanol–water partition coefficient (Wildman–Crippen LogP) is 2.64. The van der Waals surface area contributed by atoms with Crippen LogP contribution in [0.3, 0.4) is 0 Å². The molecule has 0 fully saturated rings. The van der Waals surface area contributed by atoms with Gasteiger partial charge in [0.05, 0.1) is 18.5 Å². The first-order valence-electron chi connectivity index (χ1n) is 6.14. The van der Waals surface area contributed by atoms with E-state index in [9.17, 15) is 9.36 Å². The smallest absolute Gasteiger partial charge is 0.361 e. The van der Waals surface area contributed by atoms with E-state index in [0.717, 1.165) is 0 Å². The predicted molar refractivity (Wildman–Crippen MR) is 72.4 cm³/mol. The summed E-state index contributed by atoms with van der Waals surface area (Å²) in [6, 6.07) is 6.94. The fourth-order valence-corrected chi connectivity index (χ4v) is 3.39. The number of ether oxygens (including phenoxy) is 1. The van der Waals surface area contributed by atoms with Crippen molar-refractivity contribution in [3.63, 3.8) is 0 Å². The highest BCUT2D eigenvalue weighted by molar-refractivity contribution is 7.62. The quantitative estimate of drug-likeness (QED) is 0.569. The fourth-order valence-electron chi connectivity index (χ4n) is 1.60. The van der Waals surface area contributed by atoms with Gasteiger partial charge in [-0.2, -0.15) is 0 Å². The van der Waals surface area contributed by atoms with Gasteiger partial charge in [0.25, 0.3) is 0 Å². The third-order valence-electron chi connectivity index (χ3n) is 2.32. The minimum atomic E-state index is -3.36. The second-order valence-electron chi connectivity index (χ2n) is 3.74. The zero-order valence-corrected chi connectivity index (χ0v) is 12.3. The summed E-state index contributed by atoms with van der Waals surface area (Å²) in [6.07, 6.45) is 0. The second-order valence-corrected chi connectivity index (χ2v) is 5.74. The molecule has 0 heterocycles. The van der Waals surface area contributed by atoms with Crippen molar-refractivity contribution < 1.29 is 23.1 Å². The Morgan fingerprint density at radius 3 is 2.26 bits per heavy atom. The second kappa shape index (κ2) is 7.43. The molecule has 6 heteroatoms. The number of benzene rings is 1. The summed E-state index contributed by atoms with van der Waals surface area (Å²) >= 11 is 0. The molecule has 106 valence electrons. The van der Waals surface area contributed by atoms with Gasteiger partial charge in [-0.1, -0.05) is 18.2 Å². The van der Waals surface area contributed by atoms with Crippen LogP contribution in [-0.2, 0) is 29.8 Å². The van der Waals surface area contributed by atoms with E-state index < -0.39 is 13.6 Å². The molecule has 1 rings (SSSR count). The lowest BCUT2D eigenvalue weighted by molar-refractivity contribution is -0.142. The molecule has 0 bridgehead atoms. The van der Waals surface area contributed by atoms with E-state index in [1.807, 2.05) is 0 Å². The number of rotatable bonds is 7. The summed E-state index contributed by atoms with van der Waals surface area (Å²) in [5.74, 6) is -0.391. The van der Waals surface area contributed by atoms with Crippen LogP contribution in [0.4, 0.5) is 0 Å². The van der Waals surface area contributed by atoms with Gasteiger partial charge in [0.2, 0.25) is 0 Å².